The number of fused-ring (bicyclic) bond motifs is 1. The van der Waals surface area contributed by atoms with Crippen LogP contribution in [-0.2, 0) is 11.0 Å². The molecular weight excluding hydrogens is 291 g/mol. The zero-order valence-corrected chi connectivity index (χ0v) is 11.5. The van der Waals surface area contributed by atoms with Gasteiger partial charge in [-0.2, -0.15) is 13.2 Å². The minimum absolute atomic E-state index is 0.204. The Bertz CT molecular complexity index is 717. The number of imidazole rings is 1. The van der Waals surface area contributed by atoms with E-state index >= 15 is 0 Å². The number of nitrogens with zero attached hydrogens (tertiary/aromatic N) is 1. The number of alkyl halides is 3. The summed E-state index contributed by atoms with van der Waals surface area (Å²) < 4.78 is 39.7. The highest BCUT2D eigenvalue weighted by molar-refractivity contribution is 7.71. The molecule has 1 heterocycles. The van der Waals surface area contributed by atoms with Gasteiger partial charge in [-0.05, 0) is 37.3 Å². The second-order valence-corrected chi connectivity index (χ2v) is 4.71. The molecule has 2 rings (SSSR count). The molecule has 1 atom stereocenters. The summed E-state index contributed by atoms with van der Waals surface area (Å²) in [6.07, 6.45) is -4.42. The van der Waals surface area contributed by atoms with E-state index in [0.29, 0.717) is 5.52 Å². The number of H-pyrrole nitrogens is 1. The lowest BCUT2D eigenvalue weighted by Crippen LogP contribution is -2.27. The molecule has 0 aliphatic carbocycles. The van der Waals surface area contributed by atoms with Gasteiger partial charge in [0.2, 0.25) is 5.91 Å². The van der Waals surface area contributed by atoms with Gasteiger partial charge in [0.1, 0.15) is 6.04 Å². The van der Waals surface area contributed by atoms with Crippen molar-refractivity contribution >= 4 is 29.2 Å². The fraction of sp³-hybridized carbons (Fsp3) is 0.333. The highest BCUT2D eigenvalue weighted by atomic mass is 32.1. The minimum atomic E-state index is -4.42. The Morgan fingerprint density at radius 1 is 1.45 bits per heavy atom. The van der Waals surface area contributed by atoms with Gasteiger partial charge < -0.3 is 14.9 Å². The Morgan fingerprint density at radius 2 is 2.10 bits per heavy atom. The van der Waals surface area contributed by atoms with Crippen LogP contribution in [0.3, 0.4) is 0 Å². The van der Waals surface area contributed by atoms with Crippen LogP contribution in [0.1, 0.15) is 18.5 Å². The zero-order valence-electron chi connectivity index (χ0n) is 10.7. The first-order valence-electron chi connectivity index (χ1n) is 5.78. The van der Waals surface area contributed by atoms with Crippen LogP contribution in [0.25, 0.3) is 11.0 Å². The van der Waals surface area contributed by atoms with Crippen molar-refractivity contribution in [1.82, 2.24) is 14.9 Å². The summed E-state index contributed by atoms with van der Waals surface area (Å²) in [5.41, 5.74) is -0.0549. The predicted molar refractivity (Wildman–Crippen MR) is 70.9 cm³/mol. The Morgan fingerprint density at radius 3 is 2.65 bits per heavy atom. The Kier molecular flexibility index (Phi) is 3.59. The van der Waals surface area contributed by atoms with Crippen molar-refractivity contribution in [1.29, 1.82) is 0 Å². The summed E-state index contributed by atoms with van der Waals surface area (Å²) in [7, 11) is 1.49. The molecule has 1 amide bonds. The molecule has 1 aromatic carbocycles. The van der Waals surface area contributed by atoms with E-state index in [2.05, 4.69) is 10.3 Å². The minimum Gasteiger partial charge on any atom is -0.357 e. The third-order valence-corrected chi connectivity index (χ3v) is 3.36. The van der Waals surface area contributed by atoms with Crippen molar-refractivity contribution in [2.75, 3.05) is 7.05 Å². The number of benzene rings is 1. The first-order chi connectivity index (χ1) is 9.25. The largest absolute Gasteiger partial charge is 0.416 e. The lowest BCUT2D eigenvalue weighted by molar-refractivity contribution is -0.137. The lowest BCUT2D eigenvalue weighted by Gasteiger charge is -2.13. The molecule has 2 aromatic rings. The number of carbonyl (C=O) groups is 1. The van der Waals surface area contributed by atoms with E-state index < -0.39 is 17.8 Å². The lowest BCUT2D eigenvalue weighted by atomic mass is 10.2. The van der Waals surface area contributed by atoms with Crippen LogP contribution in [-0.4, -0.2) is 22.5 Å². The van der Waals surface area contributed by atoms with Crippen molar-refractivity contribution in [2.24, 2.45) is 0 Å². The van der Waals surface area contributed by atoms with Crippen LogP contribution >= 0.6 is 12.2 Å². The summed E-state index contributed by atoms with van der Waals surface area (Å²) in [4.78, 5) is 14.4. The normalized spacial score (nSPS) is 13.4. The molecule has 0 aliphatic heterocycles. The summed E-state index contributed by atoms with van der Waals surface area (Å²) in [6, 6.07) is 2.65. The molecule has 0 spiro atoms. The van der Waals surface area contributed by atoms with Crippen molar-refractivity contribution in [2.45, 2.75) is 19.1 Å². The standard InChI is InChI=1S/C12H12F3N3OS/c1-6(10(19)16-2)18-9-4-3-7(12(13,14)15)5-8(9)17-11(18)20/h3-6H,1-2H3,(H,16,19)(H,17,20). The SMILES string of the molecule is CNC(=O)C(C)n1c(=S)[nH]c2cc(C(F)(F)F)ccc21. The number of likely N-dealkylation sites (N-methyl/N-ethyl adjacent to an activating group) is 1. The van der Waals surface area contributed by atoms with Gasteiger partial charge in [0.15, 0.2) is 4.77 Å². The molecule has 1 unspecified atom stereocenters. The summed E-state index contributed by atoms with van der Waals surface area (Å²) in [5, 5.41) is 2.48. The number of amides is 1. The van der Waals surface area contributed by atoms with Gasteiger partial charge in [0.05, 0.1) is 16.6 Å². The maximum absolute atomic E-state index is 12.7. The second-order valence-electron chi connectivity index (χ2n) is 4.32. The van der Waals surface area contributed by atoms with Gasteiger partial charge in [-0.15, -0.1) is 0 Å². The summed E-state index contributed by atoms with van der Waals surface area (Å²) in [6.45, 7) is 1.62. The Labute approximate surface area is 117 Å². The highest BCUT2D eigenvalue weighted by Crippen LogP contribution is 2.31. The van der Waals surface area contributed by atoms with E-state index in [-0.39, 0.29) is 16.2 Å². The second kappa shape index (κ2) is 4.93. The van der Waals surface area contributed by atoms with Crippen LogP contribution in [0.2, 0.25) is 0 Å². The average molecular weight is 303 g/mol. The van der Waals surface area contributed by atoms with Gasteiger partial charge in [-0.3, -0.25) is 4.79 Å². The molecular formula is C12H12F3N3OS. The molecule has 4 nitrogen and oxygen atoms in total. The van der Waals surface area contributed by atoms with E-state index in [1.165, 1.54) is 17.7 Å². The van der Waals surface area contributed by atoms with Gasteiger partial charge in [0.25, 0.3) is 0 Å². The number of rotatable bonds is 2. The smallest absolute Gasteiger partial charge is 0.357 e. The van der Waals surface area contributed by atoms with Crippen molar-refractivity contribution in [3.05, 3.63) is 28.5 Å². The number of aromatic nitrogens is 2. The number of hydrogen-bond acceptors (Lipinski definition) is 2. The van der Waals surface area contributed by atoms with Gasteiger partial charge >= 0.3 is 6.18 Å². The monoisotopic (exact) mass is 303 g/mol. The molecule has 1 aromatic heterocycles. The van der Waals surface area contributed by atoms with Gasteiger partial charge in [0, 0.05) is 7.05 Å². The molecule has 8 heteroatoms. The Balaban J connectivity index is 2.62. The van der Waals surface area contributed by atoms with Crippen LogP contribution < -0.4 is 5.32 Å². The number of nitrogens with one attached hydrogen (secondary N) is 2. The topological polar surface area (TPSA) is 49.8 Å². The molecule has 0 fully saturated rings. The van der Waals surface area contributed by atoms with Crippen molar-refractivity contribution in [3.63, 3.8) is 0 Å². The number of aromatic amines is 1. The molecule has 0 radical (unpaired) electrons. The molecule has 108 valence electrons. The van der Waals surface area contributed by atoms with Crippen LogP contribution in [0.5, 0.6) is 0 Å². The molecule has 0 saturated carbocycles. The van der Waals surface area contributed by atoms with Crippen LogP contribution in [0.4, 0.5) is 13.2 Å². The Hall–Kier alpha value is -1.83. The third-order valence-electron chi connectivity index (χ3n) is 3.06. The first kappa shape index (κ1) is 14.6. The van der Waals surface area contributed by atoms with Crippen LogP contribution in [0, 0.1) is 4.77 Å². The maximum atomic E-state index is 12.7. The zero-order chi connectivity index (χ0) is 15.1. The molecule has 2 N–H and O–H groups in total. The third kappa shape index (κ3) is 2.43. The van der Waals surface area contributed by atoms with Gasteiger partial charge in [-0.25, -0.2) is 0 Å². The molecule has 20 heavy (non-hydrogen) atoms. The van der Waals surface area contributed by atoms with Crippen molar-refractivity contribution < 1.29 is 18.0 Å². The predicted octanol–water partition coefficient (Wildman–Crippen LogP) is 3.02. The summed E-state index contributed by atoms with van der Waals surface area (Å²) >= 11 is 5.08. The number of halogens is 3. The van der Waals surface area contributed by atoms with E-state index in [1.807, 2.05) is 0 Å². The fourth-order valence-corrected chi connectivity index (χ4v) is 2.38. The van der Waals surface area contributed by atoms with E-state index in [9.17, 15) is 18.0 Å². The van der Waals surface area contributed by atoms with E-state index in [4.69, 9.17) is 12.2 Å². The van der Waals surface area contributed by atoms with E-state index in [0.717, 1.165) is 12.1 Å². The quantitative estimate of drug-likeness (QED) is 0.838. The fourth-order valence-electron chi connectivity index (χ4n) is 2.02. The average Bonchev–Trinajstić information content (AvgIpc) is 2.70. The number of hydrogen-bond donors (Lipinski definition) is 2. The van der Waals surface area contributed by atoms with Gasteiger partial charge in [-0.1, -0.05) is 0 Å². The van der Waals surface area contributed by atoms with Crippen LogP contribution in [0.15, 0.2) is 18.2 Å². The number of carbonyl (C=O) groups excluding carboxylic acids is 1. The van der Waals surface area contributed by atoms with E-state index in [1.54, 1.807) is 6.92 Å². The summed E-state index contributed by atoms with van der Waals surface area (Å²) in [5.74, 6) is -0.276. The highest BCUT2D eigenvalue weighted by Gasteiger charge is 2.31. The first-order valence-corrected chi connectivity index (χ1v) is 6.19. The maximum Gasteiger partial charge on any atom is 0.416 e. The van der Waals surface area contributed by atoms with Crippen molar-refractivity contribution in [3.8, 4) is 0 Å². The molecule has 0 bridgehead atoms. The molecule has 0 aliphatic rings. The molecule has 0 saturated heterocycles.